The molecule has 1 atom stereocenters. The van der Waals surface area contributed by atoms with Crippen LogP contribution in [0.4, 0.5) is 4.39 Å². The maximum Gasteiger partial charge on any atom is 0.222 e. The number of rotatable bonds is 6. The van der Waals surface area contributed by atoms with Crippen LogP contribution in [0.5, 0.6) is 0 Å². The van der Waals surface area contributed by atoms with Gasteiger partial charge in [0.05, 0.1) is 6.61 Å². The van der Waals surface area contributed by atoms with Gasteiger partial charge in [-0.2, -0.15) is 0 Å². The maximum atomic E-state index is 13.2. The third-order valence-electron chi connectivity index (χ3n) is 4.89. The second-order valence-electron chi connectivity index (χ2n) is 6.80. The third-order valence-corrected chi connectivity index (χ3v) is 4.89. The Morgan fingerprint density at radius 3 is 2.60 bits per heavy atom. The van der Waals surface area contributed by atoms with Crippen molar-refractivity contribution in [3.63, 3.8) is 0 Å². The molecule has 1 N–H and O–H groups in total. The number of aryl methyl sites for hydroxylation is 1. The molecule has 25 heavy (non-hydrogen) atoms. The topological polar surface area (TPSA) is 40.5 Å². The van der Waals surface area contributed by atoms with Gasteiger partial charge in [-0.05, 0) is 54.0 Å². The van der Waals surface area contributed by atoms with Gasteiger partial charge in [-0.3, -0.25) is 4.79 Å². The van der Waals surface area contributed by atoms with E-state index in [1.807, 2.05) is 23.1 Å². The zero-order valence-electron chi connectivity index (χ0n) is 14.3. The summed E-state index contributed by atoms with van der Waals surface area (Å²) in [5.41, 5.74) is 3.04. The quantitative estimate of drug-likeness (QED) is 0.875. The van der Waals surface area contributed by atoms with Gasteiger partial charge in [-0.15, -0.1) is 0 Å². The summed E-state index contributed by atoms with van der Waals surface area (Å²) < 4.78 is 13.2. The van der Waals surface area contributed by atoms with E-state index in [-0.39, 0.29) is 18.3 Å². The highest BCUT2D eigenvalue weighted by atomic mass is 19.1. The van der Waals surface area contributed by atoms with Crippen molar-refractivity contribution < 1.29 is 14.3 Å². The zero-order chi connectivity index (χ0) is 17.6. The largest absolute Gasteiger partial charge is 0.392 e. The second kappa shape index (κ2) is 8.26. The summed E-state index contributed by atoms with van der Waals surface area (Å²) in [6, 6.07) is 14.5. The molecular formula is C21H24FNO2. The number of benzene rings is 2. The average Bonchev–Trinajstić information content (AvgIpc) is 3.09. The van der Waals surface area contributed by atoms with E-state index in [9.17, 15) is 9.18 Å². The lowest BCUT2D eigenvalue weighted by atomic mass is 9.98. The van der Waals surface area contributed by atoms with E-state index >= 15 is 0 Å². The SMILES string of the molecule is O=C(CCc1cccc(F)c1)N1CC[C@@H](Cc2ccc(CO)cc2)C1. The van der Waals surface area contributed by atoms with Gasteiger partial charge in [0.15, 0.2) is 0 Å². The van der Waals surface area contributed by atoms with Crippen molar-refractivity contribution in [2.45, 2.75) is 32.3 Å². The molecule has 3 nitrogen and oxygen atoms in total. The van der Waals surface area contributed by atoms with Crippen LogP contribution in [0, 0.1) is 11.7 Å². The van der Waals surface area contributed by atoms with Crippen LogP contribution in [0.3, 0.4) is 0 Å². The van der Waals surface area contributed by atoms with E-state index in [0.29, 0.717) is 18.8 Å². The fourth-order valence-corrected chi connectivity index (χ4v) is 3.44. The Kier molecular flexibility index (Phi) is 5.82. The predicted molar refractivity (Wildman–Crippen MR) is 95.5 cm³/mol. The summed E-state index contributed by atoms with van der Waals surface area (Å²) in [7, 11) is 0. The molecule has 0 aliphatic carbocycles. The van der Waals surface area contributed by atoms with Crippen LogP contribution in [0.25, 0.3) is 0 Å². The minimum atomic E-state index is -0.251. The molecule has 1 heterocycles. The van der Waals surface area contributed by atoms with E-state index in [4.69, 9.17) is 5.11 Å². The Bertz CT molecular complexity index is 714. The van der Waals surface area contributed by atoms with Crippen molar-refractivity contribution in [1.82, 2.24) is 4.90 Å². The number of likely N-dealkylation sites (tertiary alicyclic amines) is 1. The molecule has 0 spiro atoms. The van der Waals surface area contributed by atoms with Crippen molar-refractivity contribution in [1.29, 1.82) is 0 Å². The molecule has 0 unspecified atom stereocenters. The minimum absolute atomic E-state index is 0.0668. The molecule has 1 aliphatic rings. The lowest BCUT2D eigenvalue weighted by Crippen LogP contribution is -2.29. The molecule has 1 fully saturated rings. The Morgan fingerprint density at radius 1 is 1.12 bits per heavy atom. The second-order valence-corrected chi connectivity index (χ2v) is 6.80. The average molecular weight is 341 g/mol. The van der Waals surface area contributed by atoms with Crippen LogP contribution in [-0.2, 0) is 24.2 Å². The number of carbonyl (C=O) groups excluding carboxylic acids is 1. The monoisotopic (exact) mass is 341 g/mol. The number of aliphatic hydroxyl groups excluding tert-OH is 1. The highest BCUT2D eigenvalue weighted by molar-refractivity contribution is 5.76. The number of hydrogen-bond acceptors (Lipinski definition) is 2. The van der Waals surface area contributed by atoms with E-state index in [0.717, 1.165) is 37.1 Å². The first-order valence-corrected chi connectivity index (χ1v) is 8.85. The predicted octanol–water partition coefficient (Wildman–Crippen LogP) is 3.34. The molecule has 0 bridgehead atoms. The Hall–Kier alpha value is -2.20. The van der Waals surface area contributed by atoms with Gasteiger partial charge in [0.2, 0.25) is 5.91 Å². The number of hydrogen-bond donors (Lipinski definition) is 1. The smallest absolute Gasteiger partial charge is 0.222 e. The van der Waals surface area contributed by atoms with E-state index < -0.39 is 0 Å². The number of halogens is 1. The molecular weight excluding hydrogens is 317 g/mol. The molecule has 132 valence electrons. The van der Waals surface area contributed by atoms with Crippen LogP contribution in [0.2, 0.25) is 0 Å². The van der Waals surface area contributed by atoms with Crippen LogP contribution in [0.15, 0.2) is 48.5 Å². The lowest BCUT2D eigenvalue weighted by molar-refractivity contribution is -0.130. The first kappa shape index (κ1) is 17.6. The summed E-state index contributed by atoms with van der Waals surface area (Å²) >= 11 is 0. The van der Waals surface area contributed by atoms with E-state index in [2.05, 4.69) is 12.1 Å². The number of aliphatic hydroxyl groups is 1. The first-order valence-electron chi connectivity index (χ1n) is 8.85. The molecule has 1 saturated heterocycles. The van der Waals surface area contributed by atoms with Gasteiger partial charge in [-0.1, -0.05) is 36.4 Å². The van der Waals surface area contributed by atoms with Gasteiger partial charge in [0.1, 0.15) is 5.82 Å². The van der Waals surface area contributed by atoms with Crippen molar-refractivity contribution in [2.24, 2.45) is 5.92 Å². The third kappa shape index (κ3) is 4.89. The summed E-state index contributed by atoms with van der Waals surface area (Å²) in [4.78, 5) is 14.3. The summed E-state index contributed by atoms with van der Waals surface area (Å²) in [6.45, 7) is 1.67. The molecule has 1 aliphatic heterocycles. The molecule has 1 amide bonds. The molecule has 0 aromatic heterocycles. The lowest BCUT2D eigenvalue weighted by Gasteiger charge is -2.17. The number of nitrogens with zero attached hydrogens (tertiary/aromatic N) is 1. The van der Waals surface area contributed by atoms with Crippen molar-refractivity contribution in [3.05, 3.63) is 71.0 Å². The van der Waals surface area contributed by atoms with Crippen molar-refractivity contribution >= 4 is 5.91 Å². The molecule has 2 aromatic rings. The van der Waals surface area contributed by atoms with Crippen molar-refractivity contribution in [2.75, 3.05) is 13.1 Å². The standard InChI is InChI=1S/C21H24FNO2/c22-20-3-1-2-16(13-20)8-9-21(25)23-11-10-19(14-23)12-17-4-6-18(15-24)7-5-17/h1-7,13,19,24H,8-12,14-15H2/t19-/m0/s1. The molecule has 3 rings (SSSR count). The number of amides is 1. The van der Waals surface area contributed by atoms with Crippen LogP contribution < -0.4 is 0 Å². The Morgan fingerprint density at radius 2 is 1.88 bits per heavy atom. The van der Waals surface area contributed by atoms with Gasteiger partial charge in [0.25, 0.3) is 0 Å². The normalized spacial score (nSPS) is 17.0. The highest BCUT2D eigenvalue weighted by Gasteiger charge is 2.25. The van der Waals surface area contributed by atoms with Gasteiger partial charge in [-0.25, -0.2) is 4.39 Å². The van der Waals surface area contributed by atoms with Gasteiger partial charge < -0.3 is 10.0 Å². The van der Waals surface area contributed by atoms with Crippen LogP contribution in [0.1, 0.15) is 29.5 Å². The fraction of sp³-hybridized carbons (Fsp3) is 0.381. The van der Waals surface area contributed by atoms with Crippen LogP contribution in [-0.4, -0.2) is 29.0 Å². The highest BCUT2D eigenvalue weighted by Crippen LogP contribution is 2.22. The zero-order valence-corrected chi connectivity index (χ0v) is 14.3. The Labute approximate surface area is 148 Å². The molecule has 0 saturated carbocycles. The number of carbonyl (C=O) groups is 1. The molecule has 4 heteroatoms. The van der Waals surface area contributed by atoms with E-state index in [1.165, 1.54) is 17.7 Å². The maximum absolute atomic E-state index is 13.2. The first-order chi connectivity index (χ1) is 12.1. The van der Waals surface area contributed by atoms with Crippen LogP contribution >= 0.6 is 0 Å². The summed E-state index contributed by atoms with van der Waals surface area (Å²) in [6.07, 6.45) is 2.99. The van der Waals surface area contributed by atoms with E-state index in [1.54, 1.807) is 6.07 Å². The summed E-state index contributed by atoms with van der Waals surface area (Å²) in [5, 5.41) is 9.09. The summed E-state index contributed by atoms with van der Waals surface area (Å²) in [5.74, 6) is 0.388. The molecule has 0 radical (unpaired) electrons. The van der Waals surface area contributed by atoms with Gasteiger partial charge >= 0.3 is 0 Å². The Balaban J connectivity index is 1.47. The van der Waals surface area contributed by atoms with Gasteiger partial charge in [0, 0.05) is 19.5 Å². The minimum Gasteiger partial charge on any atom is -0.392 e. The van der Waals surface area contributed by atoms with Crippen molar-refractivity contribution in [3.8, 4) is 0 Å². The molecule has 2 aromatic carbocycles. The fourth-order valence-electron chi connectivity index (χ4n) is 3.44.